The van der Waals surface area contributed by atoms with Crippen molar-refractivity contribution in [3.05, 3.63) is 60.1 Å². The van der Waals surface area contributed by atoms with Crippen molar-refractivity contribution in [2.45, 2.75) is 51.0 Å². The van der Waals surface area contributed by atoms with Crippen LogP contribution in [0.15, 0.2) is 53.1 Å². The van der Waals surface area contributed by atoms with Crippen LogP contribution in [0.3, 0.4) is 0 Å². The molecule has 27 heavy (non-hydrogen) atoms. The van der Waals surface area contributed by atoms with E-state index < -0.39 is 17.7 Å². The maximum Gasteiger partial charge on any atom is 0.408 e. The molecule has 0 aliphatic rings. The average Bonchev–Trinajstić information content (AvgIpc) is 3.11. The van der Waals surface area contributed by atoms with Crippen LogP contribution in [0.25, 0.3) is 0 Å². The largest absolute Gasteiger partial charge is 0.468 e. The minimum absolute atomic E-state index is 0.0200. The van der Waals surface area contributed by atoms with Crippen molar-refractivity contribution in [3.63, 3.8) is 0 Å². The minimum Gasteiger partial charge on any atom is -0.468 e. The highest BCUT2D eigenvalue weighted by molar-refractivity contribution is 7.99. The Kier molecular flexibility index (Phi) is 7.98. The fraction of sp³-hybridized carbons (Fsp3) is 0.429. The highest BCUT2D eigenvalue weighted by Crippen LogP contribution is 2.15. The number of furan rings is 1. The average molecular weight is 390 g/mol. The van der Waals surface area contributed by atoms with Gasteiger partial charge in [-0.25, -0.2) is 4.79 Å². The normalized spacial score (nSPS) is 12.4. The van der Waals surface area contributed by atoms with Crippen LogP contribution in [0.5, 0.6) is 0 Å². The number of hydrogen-bond acceptors (Lipinski definition) is 5. The Morgan fingerprint density at radius 2 is 1.89 bits per heavy atom. The number of Topliss-reactive ketones (excluding diaryl/α,β-unsaturated/α-hetero) is 1. The first-order valence-corrected chi connectivity index (χ1v) is 10.2. The lowest BCUT2D eigenvalue weighted by Gasteiger charge is -2.23. The summed E-state index contributed by atoms with van der Waals surface area (Å²) in [6, 6.07) is 13.0. The van der Waals surface area contributed by atoms with Crippen molar-refractivity contribution in [2.24, 2.45) is 0 Å². The van der Waals surface area contributed by atoms with Crippen LogP contribution in [0.4, 0.5) is 4.79 Å². The first-order chi connectivity index (χ1) is 12.8. The van der Waals surface area contributed by atoms with Gasteiger partial charge in [-0.2, -0.15) is 0 Å². The van der Waals surface area contributed by atoms with Gasteiger partial charge in [-0.05, 0) is 51.3 Å². The van der Waals surface area contributed by atoms with Gasteiger partial charge in [0.15, 0.2) is 5.78 Å². The quantitative estimate of drug-likeness (QED) is 0.678. The van der Waals surface area contributed by atoms with E-state index >= 15 is 0 Å². The van der Waals surface area contributed by atoms with Crippen molar-refractivity contribution >= 4 is 23.6 Å². The van der Waals surface area contributed by atoms with Crippen LogP contribution in [0, 0.1) is 0 Å². The van der Waals surface area contributed by atoms with E-state index in [2.05, 4.69) is 5.32 Å². The number of amides is 1. The molecular formula is C21H27NO4S. The fourth-order valence-corrected chi connectivity index (χ4v) is 3.34. The monoisotopic (exact) mass is 389 g/mol. The lowest BCUT2D eigenvalue weighted by Crippen LogP contribution is -2.44. The molecule has 1 heterocycles. The molecule has 1 aromatic heterocycles. The molecule has 0 fully saturated rings. The van der Waals surface area contributed by atoms with Gasteiger partial charge in [0.1, 0.15) is 11.4 Å². The topological polar surface area (TPSA) is 68.5 Å². The third-order valence-corrected chi connectivity index (χ3v) is 4.69. The Morgan fingerprint density at radius 1 is 1.15 bits per heavy atom. The Labute approximate surface area is 164 Å². The zero-order valence-corrected chi connectivity index (χ0v) is 16.9. The summed E-state index contributed by atoms with van der Waals surface area (Å²) >= 11 is 1.47. The molecule has 5 nitrogen and oxygen atoms in total. The third kappa shape index (κ3) is 8.35. The second-order valence-electron chi connectivity index (χ2n) is 7.26. The molecule has 0 aliphatic heterocycles. The molecule has 0 radical (unpaired) electrons. The fourth-order valence-electron chi connectivity index (χ4n) is 2.47. The first-order valence-electron chi connectivity index (χ1n) is 9.00. The van der Waals surface area contributed by atoms with E-state index in [9.17, 15) is 9.59 Å². The number of nitrogens with one attached hydrogen (secondary N) is 1. The van der Waals surface area contributed by atoms with Crippen LogP contribution >= 0.6 is 11.8 Å². The predicted molar refractivity (Wildman–Crippen MR) is 108 cm³/mol. The van der Waals surface area contributed by atoms with E-state index in [1.165, 1.54) is 11.8 Å². The molecule has 0 aliphatic carbocycles. The summed E-state index contributed by atoms with van der Waals surface area (Å²) in [5.74, 6) is 1.73. The number of carbonyl (C=O) groups is 2. The van der Waals surface area contributed by atoms with Gasteiger partial charge >= 0.3 is 6.09 Å². The summed E-state index contributed by atoms with van der Waals surface area (Å²) in [5.41, 5.74) is 0.523. The number of thioether (sulfide) groups is 1. The Balaban J connectivity index is 1.92. The van der Waals surface area contributed by atoms with Crippen molar-refractivity contribution in [1.82, 2.24) is 5.32 Å². The van der Waals surface area contributed by atoms with E-state index in [0.29, 0.717) is 24.3 Å². The predicted octanol–water partition coefficient (Wildman–Crippen LogP) is 4.61. The van der Waals surface area contributed by atoms with Gasteiger partial charge in [0.25, 0.3) is 0 Å². The summed E-state index contributed by atoms with van der Waals surface area (Å²) in [6.07, 6.45) is 2.29. The van der Waals surface area contributed by atoms with Crippen molar-refractivity contribution in [2.75, 3.05) is 5.75 Å². The van der Waals surface area contributed by atoms with E-state index in [4.69, 9.17) is 9.15 Å². The van der Waals surface area contributed by atoms with Crippen molar-refractivity contribution < 1.29 is 18.7 Å². The number of ether oxygens (including phenoxy) is 1. The van der Waals surface area contributed by atoms with Crippen LogP contribution in [0.1, 0.15) is 38.5 Å². The lowest BCUT2D eigenvalue weighted by molar-refractivity contribution is -0.118. The second kappa shape index (κ2) is 10.2. The molecule has 0 saturated heterocycles. The standard InChI is InChI=1S/C21H27NO4S/c1-21(2,3)26-20(24)22-18(12-11-16-8-5-4-6-9-16)19(23)15-27-14-17-10-7-13-25-17/h4-10,13,18H,11-12,14-15H2,1-3H3,(H,22,24)/t18-/m0/s1. The summed E-state index contributed by atoms with van der Waals surface area (Å²) in [5, 5.41) is 2.74. The molecule has 0 spiro atoms. The van der Waals surface area contributed by atoms with Crippen molar-refractivity contribution in [1.29, 1.82) is 0 Å². The Morgan fingerprint density at radius 3 is 2.52 bits per heavy atom. The SMILES string of the molecule is CC(C)(C)OC(=O)N[C@@H](CCc1ccccc1)C(=O)CSCc1ccco1. The molecular weight excluding hydrogens is 362 g/mol. The van der Waals surface area contributed by atoms with E-state index in [-0.39, 0.29) is 5.78 Å². The highest BCUT2D eigenvalue weighted by Gasteiger charge is 2.24. The molecule has 1 N–H and O–H groups in total. The summed E-state index contributed by atoms with van der Waals surface area (Å²) in [7, 11) is 0. The number of aryl methyl sites for hydroxylation is 1. The van der Waals surface area contributed by atoms with Crippen LogP contribution in [-0.4, -0.2) is 29.3 Å². The molecule has 6 heteroatoms. The van der Waals surface area contributed by atoms with E-state index in [1.807, 2.05) is 42.5 Å². The molecule has 2 aromatic rings. The molecule has 1 amide bonds. The van der Waals surface area contributed by atoms with Crippen LogP contribution < -0.4 is 5.32 Å². The molecule has 146 valence electrons. The van der Waals surface area contributed by atoms with Crippen LogP contribution in [-0.2, 0) is 21.7 Å². The summed E-state index contributed by atoms with van der Waals surface area (Å²) in [6.45, 7) is 5.39. The molecule has 0 saturated carbocycles. The van der Waals surface area contributed by atoms with Gasteiger partial charge in [-0.15, -0.1) is 11.8 Å². The molecule has 0 unspecified atom stereocenters. The van der Waals surface area contributed by atoms with Gasteiger partial charge in [-0.1, -0.05) is 30.3 Å². The lowest BCUT2D eigenvalue weighted by atomic mass is 10.0. The number of rotatable bonds is 9. The number of hydrogen-bond donors (Lipinski definition) is 1. The van der Waals surface area contributed by atoms with Gasteiger partial charge < -0.3 is 14.5 Å². The molecule has 2 rings (SSSR count). The Hall–Kier alpha value is -2.21. The first kappa shape index (κ1) is 21.1. The van der Waals surface area contributed by atoms with Gasteiger partial charge in [0.2, 0.25) is 0 Å². The number of ketones is 1. The number of carbonyl (C=O) groups excluding carboxylic acids is 2. The molecule has 1 atom stereocenters. The zero-order valence-electron chi connectivity index (χ0n) is 16.1. The van der Waals surface area contributed by atoms with Gasteiger partial charge in [-0.3, -0.25) is 4.79 Å². The minimum atomic E-state index is -0.606. The summed E-state index contributed by atoms with van der Waals surface area (Å²) in [4.78, 5) is 24.8. The number of alkyl carbamates (subject to hydrolysis) is 1. The van der Waals surface area contributed by atoms with E-state index in [1.54, 1.807) is 27.0 Å². The van der Waals surface area contributed by atoms with E-state index in [0.717, 1.165) is 11.3 Å². The third-order valence-electron chi connectivity index (χ3n) is 3.71. The second-order valence-corrected chi connectivity index (χ2v) is 8.25. The highest BCUT2D eigenvalue weighted by atomic mass is 32.2. The number of benzene rings is 1. The smallest absolute Gasteiger partial charge is 0.408 e. The molecule has 1 aromatic carbocycles. The van der Waals surface area contributed by atoms with Gasteiger partial charge in [0.05, 0.1) is 23.8 Å². The van der Waals surface area contributed by atoms with Gasteiger partial charge in [0, 0.05) is 0 Å². The zero-order chi connectivity index (χ0) is 19.7. The molecule has 0 bridgehead atoms. The van der Waals surface area contributed by atoms with Crippen molar-refractivity contribution in [3.8, 4) is 0 Å². The maximum absolute atomic E-state index is 12.7. The maximum atomic E-state index is 12.7. The Bertz CT molecular complexity index is 708. The van der Waals surface area contributed by atoms with Crippen LogP contribution in [0.2, 0.25) is 0 Å². The summed E-state index contributed by atoms with van der Waals surface area (Å²) < 4.78 is 10.6.